The van der Waals surface area contributed by atoms with Crippen molar-refractivity contribution in [1.82, 2.24) is 15.1 Å². The van der Waals surface area contributed by atoms with Crippen LogP contribution in [0, 0.1) is 5.92 Å². The molecule has 2 aliphatic heterocycles. The molecule has 2 atom stereocenters. The molecule has 2 fully saturated rings. The van der Waals surface area contributed by atoms with Crippen LogP contribution in [-0.2, 0) is 0 Å². The maximum Gasteiger partial charge on any atom is 0.0235 e. The highest BCUT2D eigenvalue weighted by atomic mass is 15.2. The third kappa shape index (κ3) is 3.16. The first kappa shape index (κ1) is 11.4. The quantitative estimate of drug-likeness (QED) is 0.735. The molecular formula is C12H25N3. The highest BCUT2D eigenvalue weighted by Crippen LogP contribution is 2.24. The molecular weight excluding hydrogens is 186 g/mol. The van der Waals surface area contributed by atoms with Crippen LogP contribution in [-0.4, -0.2) is 62.7 Å². The van der Waals surface area contributed by atoms with E-state index in [9.17, 15) is 0 Å². The minimum absolute atomic E-state index is 0.804. The number of likely N-dealkylation sites (tertiary alicyclic amines) is 1. The standard InChI is InChI=1S/C12H25N3/c1-14(2)7-4-8-15-9-11-5-3-6-13-12(11)10-15/h11-13H,3-10H2,1-2H3. The molecule has 1 N–H and O–H groups in total. The normalized spacial score (nSPS) is 32.2. The number of hydrogen-bond donors (Lipinski definition) is 1. The summed E-state index contributed by atoms with van der Waals surface area (Å²) in [6.45, 7) is 6.38. The van der Waals surface area contributed by atoms with Crippen molar-refractivity contribution in [3.8, 4) is 0 Å². The minimum Gasteiger partial charge on any atom is -0.312 e. The summed E-state index contributed by atoms with van der Waals surface area (Å²) in [5.41, 5.74) is 0. The van der Waals surface area contributed by atoms with Gasteiger partial charge in [0.2, 0.25) is 0 Å². The first-order chi connectivity index (χ1) is 7.25. The van der Waals surface area contributed by atoms with Crippen LogP contribution in [0.4, 0.5) is 0 Å². The van der Waals surface area contributed by atoms with Crippen molar-refractivity contribution in [3.05, 3.63) is 0 Å². The first-order valence-corrected chi connectivity index (χ1v) is 6.36. The van der Waals surface area contributed by atoms with E-state index in [0.717, 1.165) is 12.0 Å². The Hall–Kier alpha value is -0.120. The van der Waals surface area contributed by atoms with Gasteiger partial charge in [-0.05, 0) is 58.9 Å². The number of piperidine rings is 1. The number of fused-ring (bicyclic) bond motifs is 1. The van der Waals surface area contributed by atoms with Gasteiger partial charge in [0, 0.05) is 19.1 Å². The Morgan fingerprint density at radius 2 is 2.20 bits per heavy atom. The third-order valence-corrected chi connectivity index (χ3v) is 3.75. The van der Waals surface area contributed by atoms with Crippen LogP contribution in [0.1, 0.15) is 19.3 Å². The molecule has 3 nitrogen and oxygen atoms in total. The number of hydrogen-bond acceptors (Lipinski definition) is 3. The van der Waals surface area contributed by atoms with Crippen molar-refractivity contribution in [3.63, 3.8) is 0 Å². The van der Waals surface area contributed by atoms with E-state index in [1.807, 2.05) is 0 Å². The Balaban J connectivity index is 1.67. The van der Waals surface area contributed by atoms with Crippen molar-refractivity contribution in [2.45, 2.75) is 25.3 Å². The minimum atomic E-state index is 0.804. The van der Waals surface area contributed by atoms with Gasteiger partial charge in [0.1, 0.15) is 0 Å². The van der Waals surface area contributed by atoms with Gasteiger partial charge in [-0.1, -0.05) is 0 Å². The molecule has 0 radical (unpaired) electrons. The molecule has 0 amide bonds. The van der Waals surface area contributed by atoms with Crippen molar-refractivity contribution in [2.75, 3.05) is 46.8 Å². The van der Waals surface area contributed by atoms with Crippen molar-refractivity contribution in [1.29, 1.82) is 0 Å². The smallest absolute Gasteiger partial charge is 0.0235 e. The van der Waals surface area contributed by atoms with E-state index in [4.69, 9.17) is 0 Å². The predicted octanol–water partition coefficient (Wildman–Crippen LogP) is 0.622. The fourth-order valence-electron chi connectivity index (χ4n) is 2.93. The second-order valence-electron chi connectivity index (χ2n) is 5.38. The molecule has 0 bridgehead atoms. The Kier molecular flexibility index (Phi) is 4.00. The lowest BCUT2D eigenvalue weighted by Gasteiger charge is -2.24. The van der Waals surface area contributed by atoms with Crippen LogP contribution in [0.15, 0.2) is 0 Å². The van der Waals surface area contributed by atoms with Crippen LogP contribution in [0.3, 0.4) is 0 Å². The van der Waals surface area contributed by atoms with Crippen LogP contribution in [0.25, 0.3) is 0 Å². The van der Waals surface area contributed by atoms with Crippen molar-refractivity contribution in [2.24, 2.45) is 5.92 Å². The van der Waals surface area contributed by atoms with E-state index < -0.39 is 0 Å². The lowest BCUT2D eigenvalue weighted by molar-refractivity contribution is 0.291. The summed E-state index contributed by atoms with van der Waals surface area (Å²) in [4.78, 5) is 4.93. The summed E-state index contributed by atoms with van der Waals surface area (Å²) in [5, 5.41) is 3.66. The first-order valence-electron chi connectivity index (χ1n) is 6.36. The highest BCUT2D eigenvalue weighted by Gasteiger charge is 2.33. The zero-order chi connectivity index (χ0) is 10.7. The van der Waals surface area contributed by atoms with Crippen LogP contribution >= 0.6 is 0 Å². The Labute approximate surface area is 93.8 Å². The summed E-state index contributed by atoms with van der Waals surface area (Å²) in [5.74, 6) is 0.943. The van der Waals surface area contributed by atoms with Gasteiger partial charge in [-0.3, -0.25) is 0 Å². The molecule has 2 unspecified atom stereocenters. The monoisotopic (exact) mass is 211 g/mol. The lowest BCUT2D eigenvalue weighted by atomic mass is 9.94. The van der Waals surface area contributed by atoms with E-state index in [1.165, 1.54) is 52.0 Å². The van der Waals surface area contributed by atoms with Gasteiger partial charge in [0.15, 0.2) is 0 Å². The van der Waals surface area contributed by atoms with E-state index >= 15 is 0 Å². The zero-order valence-electron chi connectivity index (χ0n) is 10.2. The summed E-state index contributed by atoms with van der Waals surface area (Å²) in [6.07, 6.45) is 4.14. The molecule has 3 heteroatoms. The molecule has 0 aromatic rings. The van der Waals surface area contributed by atoms with Crippen LogP contribution in [0.5, 0.6) is 0 Å². The van der Waals surface area contributed by atoms with E-state index in [-0.39, 0.29) is 0 Å². The summed E-state index contributed by atoms with van der Waals surface area (Å²) in [7, 11) is 4.32. The zero-order valence-corrected chi connectivity index (χ0v) is 10.2. The molecule has 0 saturated carbocycles. The second kappa shape index (κ2) is 5.28. The molecule has 2 rings (SSSR count). The van der Waals surface area contributed by atoms with Gasteiger partial charge in [0.05, 0.1) is 0 Å². The average Bonchev–Trinajstić information content (AvgIpc) is 2.59. The van der Waals surface area contributed by atoms with Gasteiger partial charge in [0.25, 0.3) is 0 Å². The van der Waals surface area contributed by atoms with E-state index in [0.29, 0.717) is 0 Å². The topological polar surface area (TPSA) is 18.5 Å². The molecule has 88 valence electrons. The number of rotatable bonds is 4. The fraction of sp³-hybridized carbons (Fsp3) is 1.00. The number of nitrogens with one attached hydrogen (secondary N) is 1. The SMILES string of the molecule is CN(C)CCCN1CC2CCCNC2C1. The molecule has 0 spiro atoms. The molecule has 2 heterocycles. The number of nitrogens with zero attached hydrogens (tertiary/aromatic N) is 2. The lowest BCUT2D eigenvalue weighted by Crippen LogP contribution is -2.40. The van der Waals surface area contributed by atoms with E-state index in [2.05, 4.69) is 29.2 Å². The van der Waals surface area contributed by atoms with Crippen LogP contribution < -0.4 is 5.32 Å². The molecule has 15 heavy (non-hydrogen) atoms. The van der Waals surface area contributed by atoms with Gasteiger partial charge in [-0.2, -0.15) is 0 Å². The van der Waals surface area contributed by atoms with Crippen LogP contribution in [0.2, 0.25) is 0 Å². The predicted molar refractivity (Wildman–Crippen MR) is 64.1 cm³/mol. The van der Waals surface area contributed by atoms with Gasteiger partial charge >= 0.3 is 0 Å². The Morgan fingerprint density at radius 3 is 2.93 bits per heavy atom. The maximum atomic E-state index is 3.66. The maximum absolute atomic E-state index is 3.66. The van der Waals surface area contributed by atoms with Gasteiger partial charge < -0.3 is 15.1 Å². The highest BCUT2D eigenvalue weighted by molar-refractivity contribution is 4.91. The molecule has 2 aliphatic rings. The summed E-state index contributed by atoms with van der Waals surface area (Å²) >= 11 is 0. The van der Waals surface area contributed by atoms with Crippen molar-refractivity contribution >= 4 is 0 Å². The van der Waals surface area contributed by atoms with Crippen molar-refractivity contribution < 1.29 is 0 Å². The van der Waals surface area contributed by atoms with E-state index in [1.54, 1.807) is 0 Å². The average molecular weight is 211 g/mol. The molecule has 0 aromatic carbocycles. The second-order valence-corrected chi connectivity index (χ2v) is 5.38. The molecule has 2 saturated heterocycles. The third-order valence-electron chi connectivity index (χ3n) is 3.75. The Bertz CT molecular complexity index is 179. The summed E-state index contributed by atoms with van der Waals surface area (Å²) < 4.78 is 0. The molecule has 0 aromatic heterocycles. The summed E-state index contributed by atoms with van der Waals surface area (Å²) in [6, 6.07) is 0.804. The largest absolute Gasteiger partial charge is 0.312 e. The molecule has 0 aliphatic carbocycles. The van der Waals surface area contributed by atoms with Gasteiger partial charge in [-0.25, -0.2) is 0 Å². The van der Waals surface area contributed by atoms with Gasteiger partial charge in [-0.15, -0.1) is 0 Å². The fourth-order valence-corrected chi connectivity index (χ4v) is 2.93. The Morgan fingerprint density at radius 1 is 1.33 bits per heavy atom.